The van der Waals surface area contributed by atoms with E-state index in [0.717, 1.165) is 18.7 Å². The molecule has 1 unspecified atom stereocenters. The van der Waals surface area contributed by atoms with Crippen LogP contribution in [0.5, 0.6) is 0 Å². The third-order valence-corrected chi connectivity index (χ3v) is 2.60. The van der Waals surface area contributed by atoms with Crippen LogP contribution in [0.4, 0.5) is 0 Å². The number of aliphatic hydroxyl groups is 1. The molecular weight excluding hydrogens is 272 g/mol. The lowest BCUT2D eigenvalue weighted by molar-refractivity contribution is -0.134. The molecule has 94 valence electrons. The molecule has 16 heavy (non-hydrogen) atoms. The molecule has 0 aliphatic carbocycles. The fraction of sp³-hybridized carbons (Fsp3) is 0.583. The average Bonchev–Trinajstić information content (AvgIpc) is 2.16. The summed E-state index contributed by atoms with van der Waals surface area (Å²) in [6, 6.07) is 0. The Balaban J connectivity index is 0. The molecule has 0 radical (unpaired) electrons. The van der Waals surface area contributed by atoms with E-state index in [9.17, 15) is 5.11 Å². The molecule has 0 spiro atoms. The summed E-state index contributed by atoms with van der Waals surface area (Å²) in [5.41, 5.74) is 2.40. The highest BCUT2D eigenvalue weighted by Gasteiger charge is 2.00. The van der Waals surface area contributed by atoms with Gasteiger partial charge in [0.15, 0.2) is 0 Å². The first-order chi connectivity index (χ1) is 7.33. The van der Waals surface area contributed by atoms with Gasteiger partial charge >= 0.3 is 0 Å². The summed E-state index contributed by atoms with van der Waals surface area (Å²) < 4.78 is 0. The number of aliphatic hydroxyl groups excluding tert-OH is 1. The van der Waals surface area contributed by atoms with Gasteiger partial charge in [-0.3, -0.25) is 4.79 Å². The first-order valence-electron chi connectivity index (χ1n) is 5.06. The van der Waals surface area contributed by atoms with E-state index in [1.807, 2.05) is 32.9 Å². The van der Waals surface area contributed by atoms with Crippen molar-refractivity contribution in [2.45, 2.75) is 40.2 Å². The van der Waals surface area contributed by atoms with Gasteiger partial charge in [0, 0.05) is 12.3 Å². The highest BCUT2D eigenvalue weighted by molar-refractivity contribution is 9.09. The van der Waals surface area contributed by atoms with Gasteiger partial charge in [0.05, 0.1) is 6.10 Å². The minimum Gasteiger partial charge on any atom is -0.481 e. The second-order valence-electron chi connectivity index (χ2n) is 3.57. The summed E-state index contributed by atoms with van der Waals surface area (Å²) in [5.74, 6) is -0.833. The van der Waals surface area contributed by atoms with Gasteiger partial charge in [-0.1, -0.05) is 39.2 Å². The Morgan fingerprint density at radius 2 is 1.75 bits per heavy atom. The quantitative estimate of drug-likeness (QED) is 0.618. The van der Waals surface area contributed by atoms with E-state index in [-0.39, 0.29) is 6.10 Å². The molecule has 4 heteroatoms. The van der Waals surface area contributed by atoms with Crippen molar-refractivity contribution in [3.05, 3.63) is 23.3 Å². The Morgan fingerprint density at radius 1 is 1.31 bits per heavy atom. The topological polar surface area (TPSA) is 57.5 Å². The molecule has 0 fully saturated rings. The Morgan fingerprint density at radius 3 is 2.06 bits per heavy atom. The zero-order valence-electron chi connectivity index (χ0n) is 10.3. The molecule has 0 aromatic carbocycles. The second kappa shape index (κ2) is 10.9. The van der Waals surface area contributed by atoms with Crippen molar-refractivity contribution in [1.29, 1.82) is 0 Å². The van der Waals surface area contributed by atoms with Crippen molar-refractivity contribution >= 4 is 21.9 Å². The molecule has 0 heterocycles. The maximum absolute atomic E-state index is 9.51. The molecule has 0 saturated heterocycles. The van der Waals surface area contributed by atoms with Crippen LogP contribution in [0, 0.1) is 0 Å². The number of aliphatic carboxylic acids is 1. The Labute approximate surface area is 106 Å². The summed E-state index contributed by atoms with van der Waals surface area (Å²) in [6.45, 7) is 7.10. The lowest BCUT2D eigenvalue weighted by Crippen LogP contribution is -2.03. The van der Waals surface area contributed by atoms with Crippen molar-refractivity contribution in [3.63, 3.8) is 0 Å². The Hall–Kier alpha value is -0.610. The fourth-order valence-corrected chi connectivity index (χ4v) is 1.07. The molecule has 1 atom stereocenters. The summed E-state index contributed by atoms with van der Waals surface area (Å²) in [6.07, 6.45) is 4.32. The van der Waals surface area contributed by atoms with Crippen molar-refractivity contribution in [3.8, 4) is 0 Å². The number of allylic oxidation sites excluding steroid dienone is 2. The maximum Gasteiger partial charge on any atom is 0.300 e. The minimum absolute atomic E-state index is 0.334. The van der Waals surface area contributed by atoms with Gasteiger partial charge in [0.1, 0.15) is 0 Å². The number of carboxylic acids is 1. The number of hydrogen-bond donors (Lipinski definition) is 2. The molecule has 0 aliphatic rings. The summed E-state index contributed by atoms with van der Waals surface area (Å²) in [5, 5.41) is 17.8. The van der Waals surface area contributed by atoms with Gasteiger partial charge in [-0.15, -0.1) is 0 Å². The van der Waals surface area contributed by atoms with Gasteiger partial charge in [-0.05, 0) is 27.2 Å². The third kappa shape index (κ3) is 15.8. The van der Waals surface area contributed by atoms with Gasteiger partial charge in [0.2, 0.25) is 0 Å². The van der Waals surface area contributed by atoms with Gasteiger partial charge in [0.25, 0.3) is 5.97 Å². The van der Waals surface area contributed by atoms with Crippen LogP contribution >= 0.6 is 15.9 Å². The molecule has 3 nitrogen and oxygen atoms in total. The van der Waals surface area contributed by atoms with Crippen LogP contribution in [0.15, 0.2) is 23.3 Å². The first-order valence-corrected chi connectivity index (χ1v) is 6.18. The van der Waals surface area contributed by atoms with Gasteiger partial charge in [-0.25, -0.2) is 0 Å². The number of hydrogen-bond acceptors (Lipinski definition) is 2. The first kappa shape index (κ1) is 17.8. The highest BCUT2D eigenvalue weighted by Crippen LogP contribution is 2.08. The van der Waals surface area contributed by atoms with E-state index in [1.54, 1.807) is 0 Å². The SMILES string of the molecule is CC(=O)O.CC=C(C)CC(O)C=C(C)CBr. The summed E-state index contributed by atoms with van der Waals surface area (Å²) >= 11 is 3.33. The smallest absolute Gasteiger partial charge is 0.300 e. The zero-order valence-corrected chi connectivity index (χ0v) is 11.9. The molecule has 0 saturated carbocycles. The van der Waals surface area contributed by atoms with E-state index in [1.165, 1.54) is 11.1 Å². The van der Waals surface area contributed by atoms with E-state index < -0.39 is 5.97 Å². The van der Waals surface area contributed by atoms with Crippen LogP contribution in [0.2, 0.25) is 0 Å². The molecule has 2 N–H and O–H groups in total. The fourth-order valence-electron chi connectivity index (χ4n) is 0.880. The van der Waals surface area contributed by atoms with Crippen LogP contribution in [-0.2, 0) is 4.79 Å². The average molecular weight is 293 g/mol. The largest absolute Gasteiger partial charge is 0.481 e. The van der Waals surface area contributed by atoms with Crippen LogP contribution in [0.1, 0.15) is 34.1 Å². The maximum atomic E-state index is 9.51. The standard InChI is InChI=1S/C10H17BrO.C2H4O2/c1-4-8(2)5-10(12)6-9(3)7-11;1-2(3)4/h4,6,10,12H,5,7H2,1-3H3;1H3,(H,3,4). The number of rotatable bonds is 4. The van der Waals surface area contributed by atoms with Crippen LogP contribution in [0.3, 0.4) is 0 Å². The second-order valence-corrected chi connectivity index (χ2v) is 4.13. The third-order valence-electron chi connectivity index (χ3n) is 1.71. The van der Waals surface area contributed by atoms with Crippen molar-refractivity contribution in [2.75, 3.05) is 5.33 Å². The normalized spacial score (nSPS) is 13.9. The van der Waals surface area contributed by atoms with Crippen LogP contribution in [0.25, 0.3) is 0 Å². The van der Waals surface area contributed by atoms with Crippen molar-refractivity contribution in [2.24, 2.45) is 0 Å². The molecule has 0 aliphatic heterocycles. The number of carbonyl (C=O) groups is 1. The van der Waals surface area contributed by atoms with E-state index in [2.05, 4.69) is 15.9 Å². The predicted octanol–water partition coefficient (Wildman–Crippen LogP) is 3.14. The molecular formula is C12H21BrO3. The molecule has 0 rings (SSSR count). The van der Waals surface area contributed by atoms with Crippen LogP contribution in [-0.4, -0.2) is 27.6 Å². The van der Waals surface area contributed by atoms with E-state index >= 15 is 0 Å². The van der Waals surface area contributed by atoms with Crippen molar-refractivity contribution < 1.29 is 15.0 Å². The Kier molecular flexibility index (Phi) is 12.1. The number of alkyl halides is 1. The zero-order chi connectivity index (χ0) is 13.1. The summed E-state index contributed by atoms with van der Waals surface area (Å²) in [4.78, 5) is 9.00. The van der Waals surface area contributed by atoms with E-state index in [4.69, 9.17) is 9.90 Å². The lowest BCUT2D eigenvalue weighted by Gasteiger charge is -2.06. The molecule has 0 aromatic heterocycles. The van der Waals surface area contributed by atoms with Gasteiger partial charge < -0.3 is 10.2 Å². The molecule has 0 amide bonds. The lowest BCUT2D eigenvalue weighted by atomic mass is 10.1. The molecule has 0 bridgehead atoms. The molecule has 0 aromatic rings. The monoisotopic (exact) mass is 292 g/mol. The van der Waals surface area contributed by atoms with Crippen LogP contribution < -0.4 is 0 Å². The number of halogens is 1. The van der Waals surface area contributed by atoms with Gasteiger partial charge in [-0.2, -0.15) is 0 Å². The summed E-state index contributed by atoms with van der Waals surface area (Å²) in [7, 11) is 0. The minimum atomic E-state index is -0.833. The number of carboxylic acid groups (broad SMARTS) is 1. The van der Waals surface area contributed by atoms with E-state index in [0.29, 0.717) is 0 Å². The predicted molar refractivity (Wildman–Crippen MR) is 70.9 cm³/mol. The Bertz CT molecular complexity index is 253. The van der Waals surface area contributed by atoms with Crippen molar-refractivity contribution in [1.82, 2.24) is 0 Å². The highest BCUT2D eigenvalue weighted by atomic mass is 79.9.